The van der Waals surface area contributed by atoms with Crippen LogP contribution in [0.1, 0.15) is 10.4 Å². The molecule has 0 aliphatic rings. The molecule has 132 valence electrons. The summed E-state index contributed by atoms with van der Waals surface area (Å²) in [7, 11) is 3.07. The van der Waals surface area contributed by atoms with E-state index < -0.39 is 0 Å². The van der Waals surface area contributed by atoms with Crippen LogP contribution in [-0.2, 0) is 0 Å². The minimum absolute atomic E-state index is 0.153. The highest BCUT2D eigenvalue weighted by Gasteiger charge is 2.13. The molecular weight excluding hydrogens is 334 g/mol. The number of anilines is 1. The van der Waals surface area contributed by atoms with E-state index in [1.54, 1.807) is 49.8 Å². The van der Waals surface area contributed by atoms with Crippen LogP contribution in [-0.4, -0.2) is 35.0 Å². The highest BCUT2D eigenvalue weighted by atomic mass is 16.5. The Morgan fingerprint density at radius 3 is 2.65 bits per heavy atom. The van der Waals surface area contributed by atoms with Gasteiger partial charge in [0.2, 0.25) is 11.8 Å². The second-order valence-electron chi connectivity index (χ2n) is 5.23. The Balaban J connectivity index is 2.01. The second-order valence-corrected chi connectivity index (χ2v) is 5.23. The topological polar surface area (TPSA) is 112 Å². The number of methoxy groups -OCH3 is 1. The van der Waals surface area contributed by atoms with Gasteiger partial charge in [0.25, 0.3) is 5.91 Å². The zero-order valence-electron chi connectivity index (χ0n) is 14.3. The number of benzene rings is 1. The van der Waals surface area contributed by atoms with E-state index in [1.807, 2.05) is 6.07 Å². The van der Waals surface area contributed by atoms with Crippen molar-refractivity contribution in [2.75, 3.05) is 19.9 Å². The first-order valence-electron chi connectivity index (χ1n) is 7.73. The molecule has 0 aliphatic carbocycles. The van der Waals surface area contributed by atoms with E-state index in [4.69, 9.17) is 15.2 Å². The third-order valence-corrected chi connectivity index (χ3v) is 3.54. The predicted octanol–water partition coefficient (Wildman–Crippen LogP) is 2.28. The van der Waals surface area contributed by atoms with Crippen LogP contribution in [0, 0.1) is 0 Å². The largest absolute Gasteiger partial charge is 0.497 e. The molecular formula is C18H17N5O3. The maximum Gasteiger partial charge on any atom is 0.251 e. The van der Waals surface area contributed by atoms with E-state index in [0.29, 0.717) is 34.2 Å². The van der Waals surface area contributed by atoms with Crippen molar-refractivity contribution >= 4 is 11.9 Å². The van der Waals surface area contributed by atoms with Gasteiger partial charge in [0.1, 0.15) is 11.5 Å². The van der Waals surface area contributed by atoms with E-state index in [-0.39, 0.29) is 11.9 Å². The molecule has 0 aliphatic heterocycles. The van der Waals surface area contributed by atoms with E-state index in [1.165, 1.54) is 7.11 Å². The van der Waals surface area contributed by atoms with Crippen molar-refractivity contribution in [2.24, 2.45) is 0 Å². The highest BCUT2D eigenvalue weighted by molar-refractivity contribution is 5.94. The quantitative estimate of drug-likeness (QED) is 0.725. The van der Waals surface area contributed by atoms with Gasteiger partial charge in [-0.1, -0.05) is 0 Å². The number of nitrogen functional groups attached to an aromatic ring is 1. The number of nitrogens with two attached hydrogens (primary N) is 1. The summed E-state index contributed by atoms with van der Waals surface area (Å²) in [5, 5.41) is 2.57. The molecule has 8 nitrogen and oxygen atoms in total. The van der Waals surface area contributed by atoms with Gasteiger partial charge in [-0.3, -0.25) is 4.79 Å². The van der Waals surface area contributed by atoms with Crippen LogP contribution >= 0.6 is 0 Å². The van der Waals surface area contributed by atoms with Crippen LogP contribution < -0.4 is 20.5 Å². The number of carbonyl (C=O) groups is 1. The molecule has 0 radical (unpaired) electrons. The number of aromatic nitrogens is 3. The Morgan fingerprint density at radius 1 is 1.12 bits per heavy atom. The first kappa shape index (κ1) is 17.2. The summed E-state index contributed by atoms with van der Waals surface area (Å²) in [5.41, 5.74) is 7.29. The molecule has 0 atom stereocenters. The van der Waals surface area contributed by atoms with Gasteiger partial charge >= 0.3 is 0 Å². The SMILES string of the molecule is CNC(=O)c1cc(OC)cc(Oc2ncccc2-c2ccnc(N)n2)c1. The fourth-order valence-corrected chi connectivity index (χ4v) is 2.33. The lowest BCUT2D eigenvalue weighted by Gasteiger charge is -2.12. The number of nitrogens with one attached hydrogen (secondary N) is 1. The fourth-order valence-electron chi connectivity index (χ4n) is 2.33. The van der Waals surface area contributed by atoms with Crippen molar-refractivity contribution in [1.29, 1.82) is 0 Å². The van der Waals surface area contributed by atoms with Crippen LogP contribution in [0.5, 0.6) is 17.4 Å². The highest BCUT2D eigenvalue weighted by Crippen LogP contribution is 2.32. The van der Waals surface area contributed by atoms with Crippen molar-refractivity contribution in [3.8, 4) is 28.6 Å². The van der Waals surface area contributed by atoms with Crippen LogP contribution in [0.3, 0.4) is 0 Å². The van der Waals surface area contributed by atoms with Gasteiger partial charge in [-0.15, -0.1) is 0 Å². The summed E-state index contributed by atoms with van der Waals surface area (Å²) in [5.74, 6) is 1.12. The number of nitrogens with zero attached hydrogens (tertiary/aromatic N) is 3. The van der Waals surface area contributed by atoms with Gasteiger partial charge in [0, 0.05) is 31.1 Å². The van der Waals surface area contributed by atoms with E-state index in [0.717, 1.165) is 0 Å². The van der Waals surface area contributed by atoms with Gasteiger partial charge in [0.05, 0.1) is 18.4 Å². The summed E-state index contributed by atoms with van der Waals surface area (Å²) in [4.78, 5) is 24.3. The normalized spacial score (nSPS) is 10.2. The van der Waals surface area contributed by atoms with Gasteiger partial charge in [-0.25, -0.2) is 15.0 Å². The molecule has 2 heterocycles. The van der Waals surface area contributed by atoms with Crippen molar-refractivity contribution in [3.05, 3.63) is 54.4 Å². The molecule has 0 saturated heterocycles. The summed E-state index contributed by atoms with van der Waals surface area (Å²) < 4.78 is 11.2. The average Bonchev–Trinajstić information content (AvgIpc) is 2.67. The summed E-state index contributed by atoms with van der Waals surface area (Å²) >= 11 is 0. The summed E-state index contributed by atoms with van der Waals surface area (Å²) in [6.45, 7) is 0. The molecule has 8 heteroatoms. The lowest BCUT2D eigenvalue weighted by molar-refractivity contribution is 0.0962. The minimum Gasteiger partial charge on any atom is -0.497 e. The number of hydrogen-bond acceptors (Lipinski definition) is 7. The zero-order chi connectivity index (χ0) is 18.5. The Hall–Kier alpha value is -3.68. The Labute approximate surface area is 150 Å². The predicted molar refractivity (Wildman–Crippen MR) is 96.1 cm³/mol. The average molecular weight is 351 g/mol. The Kier molecular flexibility index (Phi) is 4.93. The first-order valence-corrected chi connectivity index (χ1v) is 7.73. The molecule has 0 unspecified atom stereocenters. The monoisotopic (exact) mass is 351 g/mol. The van der Waals surface area contributed by atoms with E-state index >= 15 is 0 Å². The molecule has 3 N–H and O–H groups in total. The number of amides is 1. The van der Waals surface area contributed by atoms with Gasteiger partial charge in [-0.2, -0.15) is 0 Å². The molecule has 2 aromatic heterocycles. The summed E-state index contributed by atoms with van der Waals surface area (Å²) in [6, 6.07) is 10.2. The Morgan fingerprint density at radius 2 is 1.92 bits per heavy atom. The van der Waals surface area contributed by atoms with Crippen LogP contribution in [0.4, 0.5) is 5.95 Å². The number of ether oxygens (including phenoxy) is 2. The molecule has 26 heavy (non-hydrogen) atoms. The van der Waals surface area contributed by atoms with Crippen molar-refractivity contribution < 1.29 is 14.3 Å². The number of hydrogen-bond donors (Lipinski definition) is 2. The summed E-state index contributed by atoms with van der Waals surface area (Å²) in [6.07, 6.45) is 3.16. The van der Waals surface area contributed by atoms with E-state index in [2.05, 4.69) is 20.3 Å². The smallest absolute Gasteiger partial charge is 0.251 e. The van der Waals surface area contributed by atoms with Crippen molar-refractivity contribution in [1.82, 2.24) is 20.3 Å². The Bertz CT molecular complexity index is 946. The van der Waals surface area contributed by atoms with Crippen LogP contribution in [0.2, 0.25) is 0 Å². The number of rotatable bonds is 5. The van der Waals surface area contributed by atoms with Gasteiger partial charge in [0.15, 0.2) is 0 Å². The molecule has 0 fully saturated rings. The molecule has 0 spiro atoms. The number of carbonyl (C=O) groups excluding carboxylic acids is 1. The fraction of sp³-hybridized carbons (Fsp3) is 0.111. The van der Waals surface area contributed by atoms with Crippen LogP contribution in [0.25, 0.3) is 11.3 Å². The zero-order valence-corrected chi connectivity index (χ0v) is 14.3. The molecule has 3 rings (SSSR count). The standard InChI is InChI=1S/C18H17N5O3/c1-20-16(24)11-8-12(25-2)10-13(9-11)26-17-14(4-3-6-21-17)15-5-7-22-18(19)23-15/h3-10H,1-2H3,(H,20,24)(H2,19,22,23). The maximum atomic E-state index is 11.9. The molecule has 3 aromatic rings. The number of pyridine rings is 1. The van der Waals surface area contributed by atoms with Gasteiger partial charge in [-0.05, 0) is 30.3 Å². The third kappa shape index (κ3) is 3.69. The molecule has 0 bridgehead atoms. The molecule has 0 saturated carbocycles. The van der Waals surface area contributed by atoms with Crippen LogP contribution in [0.15, 0.2) is 48.8 Å². The second kappa shape index (κ2) is 7.47. The lowest BCUT2D eigenvalue weighted by atomic mass is 10.1. The minimum atomic E-state index is -0.251. The van der Waals surface area contributed by atoms with Gasteiger partial charge < -0.3 is 20.5 Å². The third-order valence-electron chi connectivity index (χ3n) is 3.54. The lowest BCUT2D eigenvalue weighted by Crippen LogP contribution is -2.17. The van der Waals surface area contributed by atoms with Crippen molar-refractivity contribution in [2.45, 2.75) is 0 Å². The van der Waals surface area contributed by atoms with Crippen molar-refractivity contribution in [3.63, 3.8) is 0 Å². The first-order chi connectivity index (χ1) is 12.6. The van der Waals surface area contributed by atoms with E-state index in [9.17, 15) is 4.79 Å². The molecule has 1 amide bonds. The molecule has 1 aromatic carbocycles. The maximum absolute atomic E-state index is 11.9.